The van der Waals surface area contributed by atoms with Crippen molar-refractivity contribution in [3.05, 3.63) is 42.1 Å². The maximum atomic E-state index is 11.7. The van der Waals surface area contributed by atoms with Crippen LogP contribution in [0, 0.1) is 0 Å². The van der Waals surface area contributed by atoms with E-state index in [1.807, 2.05) is 30.3 Å². The Hall–Kier alpha value is -1.90. The molecule has 1 saturated carbocycles. The Labute approximate surface area is 105 Å². The highest BCUT2D eigenvalue weighted by molar-refractivity contribution is 5.91. The predicted molar refractivity (Wildman–Crippen MR) is 69.5 cm³/mol. The molecule has 1 N–H and O–H groups in total. The second-order valence-corrected chi connectivity index (χ2v) is 4.97. The molecule has 3 heteroatoms. The van der Waals surface area contributed by atoms with Gasteiger partial charge in [0, 0.05) is 11.6 Å². The first-order chi connectivity index (χ1) is 8.74. The van der Waals surface area contributed by atoms with E-state index in [1.165, 1.54) is 0 Å². The first-order valence-electron chi connectivity index (χ1n) is 6.32. The summed E-state index contributed by atoms with van der Waals surface area (Å²) < 4.78 is 0. The van der Waals surface area contributed by atoms with Gasteiger partial charge in [0.2, 0.25) is 0 Å². The number of para-hydroxylation sites is 1. The Bertz CT molecular complexity index is 595. The van der Waals surface area contributed by atoms with E-state index < -0.39 is 11.4 Å². The summed E-state index contributed by atoms with van der Waals surface area (Å²) in [6.07, 6.45) is 5.17. The Balaban J connectivity index is 2.27. The molecule has 3 rings (SSSR count). The van der Waals surface area contributed by atoms with Crippen LogP contribution in [-0.2, 0) is 10.2 Å². The van der Waals surface area contributed by atoms with E-state index in [9.17, 15) is 9.90 Å². The first-order valence-corrected chi connectivity index (χ1v) is 6.32. The SMILES string of the molecule is O=C(O)C1(c2ccnc3ccccc23)CCCC1. The summed E-state index contributed by atoms with van der Waals surface area (Å²) >= 11 is 0. The minimum Gasteiger partial charge on any atom is -0.481 e. The molecule has 0 bridgehead atoms. The van der Waals surface area contributed by atoms with Gasteiger partial charge >= 0.3 is 5.97 Å². The van der Waals surface area contributed by atoms with E-state index in [2.05, 4.69) is 4.98 Å². The third-order valence-electron chi connectivity index (χ3n) is 4.03. The Morgan fingerprint density at radius 1 is 1.17 bits per heavy atom. The monoisotopic (exact) mass is 241 g/mol. The highest BCUT2D eigenvalue weighted by Crippen LogP contribution is 2.43. The minimum absolute atomic E-state index is 0.698. The van der Waals surface area contributed by atoms with Crippen molar-refractivity contribution in [3.8, 4) is 0 Å². The number of hydrogen-bond acceptors (Lipinski definition) is 2. The molecule has 1 heterocycles. The van der Waals surface area contributed by atoms with Crippen LogP contribution in [0.3, 0.4) is 0 Å². The zero-order valence-corrected chi connectivity index (χ0v) is 10.1. The molecule has 92 valence electrons. The van der Waals surface area contributed by atoms with Crippen LogP contribution in [0.1, 0.15) is 31.2 Å². The van der Waals surface area contributed by atoms with Gasteiger partial charge in [0.25, 0.3) is 0 Å². The van der Waals surface area contributed by atoms with Crippen LogP contribution < -0.4 is 0 Å². The van der Waals surface area contributed by atoms with Crippen molar-refractivity contribution in [2.45, 2.75) is 31.1 Å². The van der Waals surface area contributed by atoms with Gasteiger partial charge in [-0.2, -0.15) is 0 Å². The van der Waals surface area contributed by atoms with Gasteiger partial charge in [-0.15, -0.1) is 0 Å². The number of nitrogens with zero attached hydrogens (tertiary/aromatic N) is 1. The summed E-state index contributed by atoms with van der Waals surface area (Å²) in [5.41, 5.74) is 1.10. The minimum atomic E-state index is -0.706. The molecule has 0 atom stereocenters. The molecule has 0 unspecified atom stereocenters. The lowest BCUT2D eigenvalue weighted by molar-refractivity contribution is -0.143. The van der Waals surface area contributed by atoms with E-state index in [-0.39, 0.29) is 0 Å². The number of fused-ring (bicyclic) bond motifs is 1. The van der Waals surface area contributed by atoms with Gasteiger partial charge in [0.05, 0.1) is 10.9 Å². The first kappa shape index (κ1) is 11.2. The van der Waals surface area contributed by atoms with Gasteiger partial charge in [0.1, 0.15) is 0 Å². The van der Waals surface area contributed by atoms with Gasteiger partial charge < -0.3 is 5.11 Å². The van der Waals surface area contributed by atoms with E-state index in [1.54, 1.807) is 6.20 Å². The van der Waals surface area contributed by atoms with Crippen LogP contribution in [0.5, 0.6) is 0 Å². The van der Waals surface area contributed by atoms with Gasteiger partial charge in [-0.3, -0.25) is 9.78 Å². The van der Waals surface area contributed by atoms with Gasteiger partial charge in [0.15, 0.2) is 0 Å². The average molecular weight is 241 g/mol. The lowest BCUT2D eigenvalue weighted by Crippen LogP contribution is -2.32. The second kappa shape index (κ2) is 4.09. The van der Waals surface area contributed by atoms with Crippen molar-refractivity contribution < 1.29 is 9.90 Å². The number of carbonyl (C=O) groups is 1. The third kappa shape index (κ3) is 1.50. The number of carboxylic acid groups (broad SMARTS) is 1. The molecule has 2 aromatic rings. The van der Waals surface area contributed by atoms with E-state index in [4.69, 9.17) is 0 Å². The number of aliphatic carboxylic acids is 1. The Kier molecular flexibility index (Phi) is 2.54. The standard InChI is InChI=1S/C15H15NO2/c17-14(18)15(8-3-4-9-15)12-7-10-16-13-6-2-1-5-11(12)13/h1-2,5-7,10H,3-4,8-9H2,(H,17,18). The van der Waals surface area contributed by atoms with Crippen LogP contribution in [-0.4, -0.2) is 16.1 Å². The number of pyridine rings is 1. The highest BCUT2D eigenvalue weighted by atomic mass is 16.4. The summed E-state index contributed by atoms with van der Waals surface area (Å²) in [6.45, 7) is 0. The summed E-state index contributed by atoms with van der Waals surface area (Å²) in [6, 6.07) is 9.66. The molecule has 0 radical (unpaired) electrons. The fourth-order valence-corrected chi connectivity index (χ4v) is 3.09. The number of benzene rings is 1. The maximum Gasteiger partial charge on any atom is 0.314 e. The average Bonchev–Trinajstić information content (AvgIpc) is 2.88. The fraction of sp³-hybridized carbons (Fsp3) is 0.333. The van der Waals surface area contributed by atoms with Crippen molar-refractivity contribution in [1.82, 2.24) is 4.98 Å². The molecule has 1 aliphatic rings. The molecule has 18 heavy (non-hydrogen) atoms. The summed E-state index contributed by atoms with van der Waals surface area (Å²) in [4.78, 5) is 16.1. The number of hydrogen-bond donors (Lipinski definition) is 1. The summed E-state index contributed by atoms with van der Waals surface area (Å²) in [5.74, 6) is -0.698. The molecule has 0 spiro atoms. The number of rotatable bonds is 2. The Morgan fingerprint density at radius 2 is 1.89 bits per heavy atom. The van der Waals surface area contributed by atoms with Crippen LogP contribution in [0.4, 0.5) is 0 Å². The molecular weight excluding hydrogens is 226 g/mol. The normalized spacial score (nSPS) is 18.0. The molecule has 1 aliphatic carbocycles. The molecule has 1 fully saturated rings. The predicted octanol–water partition coefficient (Wildman–Crippen LogP) is 3.13. The van der Waals surface area contributed by atoms with Gasteiger partial charge in [-0.25, -0.2) is 0 Å². The molecular formula is C15H15NO2. The van der Waals surface area contributed by atoms with E-state index in [0.29, 0.717) is 0 Å². The lowest BCUT2D eigenvalue weighted by atomic mass is 9.77. The molecule has 0 saturated heterocycles. The molecule has 3 nitrogen and oxygen atoms in total. The van der Waals surface area contributed by atoms with Crippen molar-refractivity contribution in [3.63, 3.8) is 0 Å². The molecule has 1 aromatic heterocycles. The van der Waals surface area contributed by atoms with E-state index in [0.717, 1.165) is 42.1 Å². The smallest absolute Gasteiger partial charge is 0.314 e. The largest absolute Gasteiger partial charge is 0.481 e. The molecule has 1 aromatic carbocycles. The van der Waals surface area contributed by atoms with Crippen molar-refractivity contribution in [1.29, 1.82) is 0 Å². The zero-order valence-electron chi connectivity index (χ0n) is 10.1. The van der Waals surface area contributed by atoms with Crippen LogP contribution in [0.2, 0.25) is 0 Å². The zero-order chi connectivity index (χ0) is 12.6. The summed E-state index contributed by atoms with van der Waals surface area (Å²) in [5, 5.41) is 10.6. The number of carboxylic acids is 1. The third-order valence-corrected chi connectivity index (χ3v) is 4.03. The molecule has 0 aliphatic heterocycles. The maximum absolute atomic E-state index is 11.7. The van der Waals surface area contributed by atoms with E-state index >= 15 is 0 Å². The fourth-order valence-electron chi connectivity index (χ4n) is 3.09. The van der Waals surface area contributed by atoms with Crippen LogP contribution >= 0.6 is 0 Å². The number of aromatic nitrogens is 1. The van der Waals surface area contributed by atoms with Crippen LogP contribution in [0.15, 0.2) is 36.5 Å². The quantitative estimate of drug-likeness (QED) is 0.878. The van der Waals surface area contributed by atoms with Gasteiger partial charge in [-0.1, -0.05) is 31.0 Å². The van der Waals surface area contributed by atoms with Crippen molar-refractivity contribution >= 4 is 16.9 Å². The summed E-state index contributed by atoms with van der Waals surface area (Å²) in [7, 11) is 0. The van der Waals surface area contributed by atoms with Crippen molar-refractivity contribution in [2.24, 2.45) is 0 Å². The van der Waals surface area contributed by atoms with Crippen LogP contribution in [0.25, 0.3) is 10.9 Å². The lowest BCUT2D eigenvalue weighted by Gasteiger charge is -2.25. The Morgan fingerprint density at radius 3 is 2.61 bits per heavy atom. The molecule has 0 amide bonds. The van der Waals surface area contributed by atoms with Crippen molar-refractivity contribution in [2.75, 3.05) is 0 Å². The topological polar surface area (TPSA) is 50.2 Å². The second-order valence-electron chi connectivity index (χ2n) is 4.97. The van der Waals surface area contributed by atoms with Gasteiger partial charge in [-0.05, 0) is 30.5 Å². The highest BCUT2D eigenvalue weighted by Gasteiger charge is 2.43.